The Morgan fingerprint density at radius 3 is 2.55 bits per heavy atom. The Balaban J connectivity index is 1.70. The summed E-state index contributed by atoms with van der Waals surface area (Å²) in [7, 11) is 0. The first kappa shape index (κ1) is 19.3. The molecular formula is C24H21FN2OS. The molecule has 0 N–H and O–H groups in total. The number of benzene rings is 3. The van der Waals surface area contributed by atoms with Crippen molar-refractivity contribution in [3.63, 3.8) is 0 Å². The average molecular weight is 405 g/mol. The number of hydrogen-bond acceptors (Lipinski definition) is 3. The molecule has 0 saturated heterocycles. The van der Waals surface area contributed by atoms with Crippen molar-refractivity contribution >= 4 is 32.6 Å². The van der Waals surface area contributed by atoms with Crippen LogP contribution in [0, 0.1) is 19.7 Å². The van der Waals surface area contributed by atoms with Crippen LogP contribution < -0.4 is 4.90 Å². The Bertz CT molecular complexity index is 1170. The van der Waals surface area contributed by atoms with Crippen LogP contribution in [0.5, 0.6) is 0 Å². The number of aromatic nitrogens is 1. The molecule has 0 aliphatic heterocycles. The lowest BCUT2D eigenvalue weighted by molar-refractivity contribution is -0.118. The maximum Gasteiger partial charge on any atom is 0.233 e. The van der Waals surface area contributed by atoms with Gasteiger partial charge in [0.05, 0.1) is 17.7 Å². The van der Waals surface area contributed by atoms with E-state index in [2.05, 4.69) is 11.1 Å². The Hall–Kier alpha value is -3.05. The molecule has 4 rings (SSSR count). The Labute approximate surface area is 173 Å². The molecule has 3 nitrogen and oxygen atoms in total. The van der Waals surface area contributed by atoms with Crippen LogP contribution in [0.25, 0.3) is 10.2 Å². The number of rotatable bonds is 5. The van der Waals surface area contributed by atoms with Crippen molar-refractivity contribution in [2.75, 3.05) is 4.90 Å². The van der Waals surface area contributed by atoms with Gasteiger partial charge in [0.2, 0.25) is 5.91 Å². The van der Waals surface area contributed by atoms with Crippen molar-refractivity contribution in [3.8, 4) is 0 Å². The van der Waals surface area contributed by atoms with Gasteiger partial charge in [0.1, 0.15) is 11.3 Å². The number of carbonyl (C=O) groups is 1. The fraction of sp³-hybridized carbons (Fsp3) is 0.167. The molecule has 0 saturated carbocycles. The fourth-order valence-electron chi connectivity index (χ4n) is 3.35. The predicted octanol–water partition coefficient (Wildman–Crippen LogP) is 5.83. The molecule has 5 heteroatoms. The summed E-state index contributed by atoms with van der Waals surface area (Å²) in [5, 5.41) is 0.517. The Morgan fingerprint density at radius 1 is 1.03 bits per heavy atom. The summed E-state index contributed by atoms with van der Waals surface area (Å²) in [4.78, 5) is 19.4. The summed E-state index contributed by atoms with van der Waals surface area (Å²) in [5.41, 5.74) is 4.56. The van der Waals surface area contributed by atoms with Crippen molar-refractivity contribution < 1.29 is 9.18 Å². The highest BCUT2D eigenvalue weighted by atomic mass is 32.1. The minimum atomic E-state index is -0.369. The number of amides is 1. The summed E-state index contributed by atoms with van der Waals surface area (Å²) in [5.74, 6) is -0.424. The van der Waals surface area contributed by atoms with Crippen LogP contribution in [0.2, 0.25) is 0 Å². The highest BCUT2D eigenvalue weighted by molar-refractivity contribution is 7.22. The van der Waals surface area contributed by atoms with Crippen molar-refractivity contribution in [3.05, 3.63) is 94.8 Å². The molecule has 29 heavy (non-hydrogen) atoms. The molecule has 0 spiro atoms. The number of thiazole rings is 1. The third-order valence-electron chi connectivity index (χ3n) is 4.91. The first-order chi connectivity index (χ1) is 14.0. The highest BCUT2D eigenvalue weighted by Crippen LogP contribution is 2.31. The van der Waals surface area contributed by atoms with Crippen molar-refractivity contribution in [2.24, 2.45) is 0 Å². The van der Waals surface area contributed by atoms with E-state index in [-0.39, 0.29) is 18.1 Å². The van der Waals surface area contributed by atoms with Gasteiger partial charge in [-0.2, -0.15) is 0 Å². The van der Waals surface area contributed by atoms with Crippen LogP contribution in [0.4, 0.5) is 9.52 Å². The lowest BCUT2D eigenvalue weighted by Gasteiger charge is -2.20. The van der Waals surface area contributed by atoms with Crippen molar-refractivity contribution in [1.29, 1.82) is 0 Å². The summed E-state index contributed by atoms with van der Waals surface area (Å²) in [6.45, 7) is 4.45. The quantitative estimate of drug-likeness (QED) is 0.419. The molecule has 1 amide bonds. The molecule has 4 aromatic rings. The van der Waals surface area contributed by atoms with Crippen LogP contribution in [0.15, 0.2) is 66.7 Å². The van der Waals surface area contributed by atoms with E-state index < -0.39 is 0 Å². The molecule has 0 unspecified atom stereocenters. The van der Waals surface area contributed by atoms with Crippen LogP contribution in [0.1, 0.15) is 22.3 Å². The summed E-state index contributed by atoms with van der Waals surface area (Å²) in [6, 6.07) is 20.8. The summed E-state index contributed by atoms with van der Waals surface area (Å²) in [6.07, 6.45) is 0.275. The molecule has 146 valence electrons. The van der Waals surface area contributed by atoms with E-state index in [4.69, 9.17) is 0 Å². The van der Waals surface area contributed by atoms with Crippen molar-refractivity contribution in [2.45, 2.75) is 26.8 Å². The summed E-state index contributed by atoms with van der Waals surface area (Å²) < 4.78 is 14.9. The maximum atomic E-state index is 14.2. The van der Waals surface area contributed by atoms with Gasteiger partial charge in [-0.25, -0.2) is 9.37 Å². The zero-order valence-electron chi connectivity index (χ0n) is 16.4. The second kappa shape index (κ2) is 8.13. The normalized spacial score (nSPS) is 11.0. The topological polar surface area (TPSA) is 33.2 Å². The number of anilines is 1. The van der Waals surface area contributed by atoms with Gasteiger partial charge in [-0.1, -0.05) is 71.5 Å². The molecule has 0 bridgehead atoms. The number of carbonyl (C=O) groups excluding carboxylic acids is 1. The predicted molar refractivity (Wildman–Crippen MR) is 117 cm³/mol. The second-order valence-electron chi connectivity index (χ2n) is 7.16. The Morgan fingerprint density at radius 2 is 1.83 bits per heavy atom. The molecule has 0 fully saturated rings. The van der Waals surface area contributed by atoms with E-state index in [1.54, 1.807) is 11.0 Å². The van der Waals surface area contributed by atoms with Gasteiger partial charge in [0, 0.05) is 0 Å². The van der Waals surface area contributed by atoms with E-state index in [1.165, 1.54) is 23.0 Å². The Kier molecular flexibility index (Phi) is 5.41. The van der Waals surface area contributed by atoms with Gasteiger partial charge in [0.25, 0.3) is 0 Å². The number of fused-ring (bicyclic) bond motifs is 1. The molecule has 0 atom stereocenters. The zero-order valence-corrected chi connectivity index (χ0v) is 17.2. The van der Waals surface area contributed by atoms with Gasteiger partial charge in [-0.3, -0.25) is 9.69 Å². The van der Waals surface area contributed by atoms with Gasteiger partial charge in [-0.05, 0) is 42.7 Å². The highest BCUT2D eigenvalue weighted by Gasteiger charge is 2.22. The molecule has 0 radical (unpaired) electrons. The average Bonchev–Trinajstić information content (AvgIpc) is 3.14. The van der Waals surface area contributed by atoms with Gasteiger partial charge in [0.15, 0.2) is 5.13 Å². The first-order valence-electron chi connectivity index (χ1n) is 9.47. The zero-order chi connectivity index (χ0) is 20.4. The van der Waals surface area contributed by atoms with E-state index in [9.17, 15) is 9.18 Å². The monoisotopic (exact) mass is 404 g/mol. The largest absolute Gasteiger partial charge is 0.283 e. The van der Waals surface area contributed by atoms with Gasteiger partial charge in [-0.15, -0.1) is 0 Å². The third kappa shape index (κ3) is 4.20. The lowest BCUT2D eigenvalue weighted by atomic mass is 10.0. The van der Waals surface area contributed by atoms with E-state index in [1.807, 2.05) is 62.4 Å². The van der Waals surface area contributed by atoms with Gasteiger partial charge >= 0.3 is 0 Å². The van der Waals surface area contributed by atoms with Crippen molar-refractivity contribution in [1.82, 2.24) is 4.98 Å². The molecule has 0 aliphatic rings. The molecule has 3 aromatic carbocycles. The van der Waals surface area contributed by atoms with Crippen LogP contribution in [0.3, 0.4) is 0 Å². The van der Waals surface area contributed by atoms with Crippen LogP contribution in [-0.2, 0) is 17.8 Å². The number of aryl methyl sites for hydroxylation is 2. The molecule has 1 aromatic heterocycles. The number of para-hydroxylation sites is 1. The molecular weight excluding hydrogens is 383 g/mol. The van der Waals surface area contributed by atoms with E-state index in [0.717, 1.165) is 21.4 Å². The summed E-state index contributed by atoms with van der Waals surface area (Å²) >= 11 is 1.34. The number of nitrogens with zero attached hydrogens (tertiary/aromatic N) is 2. The number of hydrogen-bond donors (Lipinski definition) is 0. The third-order valence-corrected chi connectivity index (χ3v) is 5.96. The first-order valence-corrected chi connectivity index (χ1v) is 10.3. The van der Waals surface area contributed by atoms with E-state index in [0.29, 0.717) is 17.2 Å². The van der Waals surface area contributed by atoms with Crippen LogP contribution >= 0.6 is 11.3 Å². The maximum absolute atomic E-state index is 14.2. The second-order valence-corrected chi connectivity index (χ2v) is 8.16. The smallest absolute Gasteiger partial charge is 0.233 e. The minimum Gasteiger partial charge on any atom is -0.283 e. The van der Waals surface area contributed by atoms with E-state index >= 15 is 0 Å². The minimum absolute atomic E-state index is 0.0553. The lowest BCUT2D eigenvalue weighted by Crippen LogP contribution is -2.31. The SMILES string of the molecule is Cc1ccc(CC(=O)N(Cc2ccccc2)c2nc3c(F)cccc3s2)c(C)c1. The number of halogens is 1. The molecule has 1 heterocycles. The van der Waals surface area contributed by atoms with Crippen LogP contribution in [-0.4, -0.2) is 10.9 Å². The van der Waals surface area contributed by atoms with Gasteiger partial charge < -0.3 is 0 Å². The fourth-order valence-corrected chi connectivity index (χ4v) is 4.35. The molecule has 0 aliphatic carbocycles. The standard InChI is InChI=1S/C24H21FN2OS/c1-16-11-12-19(17(2)13-16)14-22(28)27(15-18-7-4-3-5-8-18)24-26-23-20(25)9-6-10-21(23)29-24/h3-13H,14-15H2,1-2H3.